The maximum absolute atomic E-state index is 12.2. The molecule has 3 rings (SSSR count). The number of hydrogen-bond donors (Lipinski definition) is 3. The van der Waals surface area contributed by atoms with Crippen molar-refractivity contribution in [1.29, 1.82) is 0 Å². The largest absolute Gasteiger partial charge is 0.508 e. The first-order valence-corrected chi connectivity index (χ1v) is 6.74. The number of halogens is 1. The van der Waals surface area contributed by atoms with Crippen molar-refractivity contribution >= 4 is 27.8 Å². The van der Waals surface area contributed by atoms with Crippen LogP contribution in [0.2, 0.25) is 0 Å². The van der Waals surface area contributed by atoms with E-state index in [4.69, 9.17) is 4.74 Å². The van der Waals surface area contributed by atoms with Crippen LogP contribution in [0.3, 0.4) is 0 Å². The predicted octanol–water partition coefficient (Wildman–Crippen LogP) is 3.18. The lowest BCUT2D eigenvalue weighted by Gasteiger charge is -2.02. The summed E-state index contributed by atoms with van der Waals surface area (Å²) in [4.78, 5) is 12.2. The highest BCUT2D eigenvalue weighted by Gasteiger charge is 2.31. The monoisotopic (exact) mass is 348 g/mol. The second-order valence-corrected chi connectivity index (χ2v) is 5.40. The number of phenols is 3. The lowest BCUT2D eigenvalue weighted by atomic mass is 10.1. The van der Waals surface area contributed by atoms with E-state index in [2.05, 4.69) is 15.9 Å². The molecule has 21 heavy (non-hydrogen) atoms. The maximum Gasteiger partial charge on any atom is 0.235 e. The first-order chi connectivity index (χ1) is 9.95. The highest BCUT2D eigenvalue weighted by Crippen LogP contribution is 2.41. The molecule has 106 valence electrons. The van der Waals surface area contributed by atoms with Crippen molar-refractivity contribution in [1.82, 2.24) is 0 Å². The van der Waals surface area contributed by atoms with Crippen LogP contribution in [0.4, 0.5) is 0 Å². The van der Waals surface area contributed by atoms with Crippen LogP contribution in [-0.4, -0.2) is 21.1 Å². The van der Waals surface area contributed by atoms with Gasteiger partial charge in [-0.25, -0.2) is 0 Å². The number of ketones is 1. The number of ether oxygens (including phenoxy) is 1. The van der Waals surface area contributed by atoms with Crippen molar-refractivity contribution in [3.8, 4) is 23.0 Å². The molecule has 0 unspecified atom stereocenters. The Balaban J connectivity index is 2.07. The SMILES string of the molecule is O=C1/C(=C/c2cc(Br)ccc2O)Oc2cc(O)cc(O)c21. The van der Waals surface area contributed by atoms with E-state index in [0.29, 0.717) is 5.56 Å². The van der Waals surface area contributed by atoms with E-state index in [0.717, 1.165) is 10.5 Å². The Hall–Kier alpha value is -2.47. The van der Waals surface area contributed by atoms with Gasteiger partial charge < -0.3 is 20.1 Å². The molecular formula is C15H9BrO5. The Morgan fingerprint density at radius 3 is 2.57 bits per heavy atom. The van der Waals surface area contributed by atoms with E-state index in [1.807, 2.05) is 0 Å². The van der Waals surface area contributed by atoms with Crippen molar-refractivity contribution in [2.75, 3.05) is 0 Å². The molecule has 0 fully saturated rings. The summed E-state index contributed by atoms with van der Waals surface area (Å²) in [5.41, 5.74) is 0.387. The zero-order valence-corrected chi connectivity index (χ0v) is 12.1. The number of phenolic OH excluding ortho intramolecular Hbond substituents is 3. The van der Waals surface area contributed by atoms with E-state index in [1.165, 1.54) is 18.2 Å². The molecule has 0 saturated heterocycles. The van der Waals surface area contributed by atoms with Crippen LogP contribution in [0.1, 0.15) is 15.9 Å². The number of allylic oxidation sites excluding steroid dienone is 1. The van der Waals surface area contributed by atoms with Gasteiger partial charge in [0.1, 0.15) is 28.6 Å². The highest BCUT2D eigenvalue weighted by molar-refractivity contribution is 9.10. The third-order valence-corrected chi connectivity index (χ3v) is 3.51. The summed E-state index contributed by atoms with van der Waals surface area (Å²) in [6.45, 7) is 0. The fourth-order valence-electron chi connectivity index (χ4n) is 2.06. The molecule has 5 nitrogen and oxygen atoms in total. The summed E-state index contributed by atoms with van der Waals surface area (Å²) < 4.78 is 6.08. The first kappa shape index (κ1) is 13.5. The van der Waals surface area contributed by atoms with Crippen LogP contribution < -0.4 is 4.74 Å². The number of Topliss-reactive ketones (excluding diaryl/α,β-unsaturated/α-hetero) is 1. The Kier molecular flexibility index (Phi) is 3.10. The molecule has 2 aromatic carbocycles. The van der Waals surface area contributed by atoms with Gasteiger partial charge in [0.2, 0.25) is 5.78 Å². The summed E-state index contributed by atoms with van der Waals surface area (Å²) in [7, 11) is 0. The molecule has 0 spiro atoms. The van der Waals surface area contributed by atoms with Crippen molar-refractivity contribution < 1.29 is 24.9 Å². The molecule has 0 radical (unpaired) electrons. The zero-order valence-electron chi connectivity index (χ0n) is 10.5. The molecule has 0 aliphatic carbocycles. The molecule has 0 saturated carbocycles. The molecule has 2 aromatic rings. The van der Waals surface area contributed by atoms with E-state index in [9.17, 15) is 20.1 Å². The Labute approximate surface area is 127 Å². The van der Waals surface area contributed by atoms with E-state index in [-0.39, 0.29) is 34.3 Å². The number of carbonyl (C=O) groups is 1. The molecule has 1 heterocycles. The van der Waals surface area contributed by atoms with Gasteiger partial charge in [-0.1, -0.05) is 15.9 Å². The number of hydrogen-bond acceptors (Lipinski definition) is 5. The van der Waals surface area contributed by atoms with Crippen molar-refractivity contribution in [2.45, 2.75) is 0 Å². The molecule has 6 heteroatoms. The van der Waals surface area contributed by atoms with Crippen LogP contribution in [0.25, 0.3) is 6.08 Å². The number of benzene rings is 2. The summed E-state index contributed by atoms with van der Waals surface area (Å²) >= 11 is 3.27. The Morgan fingerprint density at radius 1 is 1.05 bits per heavy atom. The highest BCUT2D eigenvalue weighted by atomic mass is 79.9. The molecule has 0 bridgehead atoms. The topological polar surface area (TPSA) is 87.0 Å². The minimum atomic E-state index is -0.512. The first-order valence-electron chi connectivity index (χ1n) is 5.94. The number of fused-ring (bicyclic) bond motifs is 1. The third kappa shape index (κ3) is 2.34. The zero-order chi connectivity index (χ0) is 15.1. The molecule has 0 amide bonds. The fourth-order valence-corrected chi connectivity index (χ4v) is 2.44. The lowest BCUT2D eigenvalue weighted by Crippen LogP contribution is -1.98. The lowest BCUT2D eigenvalue weighted by molar-refractivity contribution is 0.101. The van der Waals surface area contributed by atoms with Crippen LogP contribution in [-0.2, 0) is 0 Å². The minimum absolute atomic E-state index is 0.00598. The standard InChI is InChI=1S/C15H9BrO5/c16-8-1-2-10(18)7(3-8)4-13-15(20)14-11(19)5-9(17)6-12(14)21-13/h1-6,17-19H/b13-4-. The molecule has 1 aliphatic heterocycles. The molecule has 3 N–H and O–H groups in total. The average molecular weight is 349 g/mol. The summed E-state index contributed by atoms with van der Waals surface area (Å²) in [6.07, 6.45) is 1.37. The second-order valence-electron chi connectivity index (χ2n) is 4.48. The minimum Gasteiger partial charge on any atom is -0.508 e. The van der Waals surface area contributed by atoms with Gasteiger partial charge in [0.25, 0.3) is 0 Å². The van der Waals surface area contributed by atoms with E-state index in [1.54, 1.807) is 12.1 Å². The third-order valence-electron chi connectivity index (χ3n) is 3.01. The quantitative estimate of drug-likeness (QED) is 0.689. The van der Waals surface area contributed by atoms with Crippen LogP contribution in [0.5, 0.6) is 23.0 Å². The smallest absolute Gasteiger partial charge is 0.235 e. The maximum atomic E-state index is 12.2. The molecule has 1 aliphatic rings. The number of rotatable bonds is 1. The van der Waals surface area contributed by atoms with Gasteiger partial charge >= 0.3 is 0 Å². The van der Waals surface area contributed by atoms with Crippen LogP contribution >= 0.6 is 15.9 Å². The number of carbonyl (C=O) groups excluding carboxylic acids is 1. The van der Waals surface area contributed by atoms with Crippen LogP contribution in [0, 0.1) is 0 Å². The van der Waals surface area contributed by atoms with Gasteiger partial charge in [-0.3, -0.25) is 4.79 Å². The van der Waals surface area contributed by atoms with Gasteiger partial charge in [0.05, 0.1) is 0 Å². The van der Waals surface area contributed by atoms with Crippen molar-refractivity contribution in [3.63, 3.8) is 0 Å². The van der Waals surface area contributed by atoms with Gasteiger partial charge in [-0.15, -0.1) is 0 Å². The predicted molar refractivity (Wildman–Crippen MR) is 78.5 cm³/mol. The van der Waals surface area contributed by atoms with E-state index >= 15 is 0 Å². The average Bonchev–Trinajstić information content (AvgIpc) is 2.70. The van der Waals surface area contributed by atoms with E-state index < -0.39 is 5.78 Å². The van der Waals surface area contributed by atoms with Gasteiger partial charge in [0.15, 0.2) is 5.76 Å². The number of aromatic hydroxyl groups is 3. The fraction of sp³-hybridized carbons (Fsp3) is 0. The van der Waals surface area contributed by atoms with Gasteiger partial charge in [-0.05, 0) is 24.3 Å². The molecule has 0 atom stereocenters. The summed E-state index contributed by atoms with van der Waals surface area (Å²) in [5, 5.41) is 28.9. The van der Waals surface area contributed by atoms with Crippen LogP contribution in [0.15, 0.2) is 40.6 Å². The molecular weight excluding hydrogens is 340 g/mol. The molecule has 0 aromatic heterocycles. The Morgan fingerprint density at radius 2 is 1.81 bits per heavy atom. The van der Waals surface area contributed by atoms with Gasteiger partial charge in [-0.2, -0.15) is 0 Å². The normalized spacial score (nSPS) is 15.1. The summed E-state index contributed by atoms with van der Waals surface area (Å²) in [6, 6.07) is 7.08. The van der Waals surface area contributed by atoms with Crippen molar-refractivity contribution in [2.24, 2.45) is 0 Å². The second kappa shape index (κ2) is 4.82. The van der Waals surface area contributed by atoms with Gasteiger partial charge in [0, 0.05) is 22.2 Å². The van der Waals surface area contributed by atoms with Crippen molar-refractivity contribution in [3.05, 3.63) is 51.7 Å². The summed E-state index contributed by atoms with van der Waals surface area (Å²) in [5.74, 6) is -1.04. The Bertz CT molecular complexity index is 795.